The van der Waals surface area contributed by atoms with Crippen molar-refractivity contribution in [1.82, 2.24) is 15.6 Å². The van der Waals surface area contributed by atoms with E-state index in [0.29, 0.717) is 24.6 Å². The number of fused-ring (bicyclic) bond motifs is 1. The Morgan fingerprint density at radius 2 is 2.17 bits per heavy atom. The Morgan fingerprint density at radius 3 is 2.91 bits per heavy atom. The molecule has 2 heterocycles. The van der Waals surface area contributed by atoms with Gasteiger partial charge in [-0.05, 0) is 18.6 Å². The van der Waals surface area contributed by atoms with Crippen LogP contribution in [0.15, 0.2) is 18.2 Å². The maximum atomic E-state index is 12.5. The Balaban J connectivity index is 1.68. The van der Waals surface area contributed by atoms with Gasteiger partial charge in [-0.1, -0.05) is 6.07 Å². The van der Waals surface area contributed by atoms with E-state index in [9.17, 15) is 9.59 Å². The summed E-state index contributed by atoms with van der Waals surface area (Å²) >= 11 is 0. The normalized spacial score (nSPS) is 28.6. The van der Waals surface area contributed by atoms with E-state index in [2.05, 4.69) is 15.6 Å². The first kappa shape index (κ1) is 15.9. The number of ether oxygens (including phenoxy) is 2. The maximum Gasteiger partial charge on any atom is 0.270 e. The lowest BCUT2D eigenvalue weighted by atomic mass is 9.71. The molecule has 23 heavy (non-hydrogen) atoms. The van der Waals surface area contributed by atoms with Crippen LogP contribution < -0.4 is 10.6 Å². The molecule has 124 valence electrons. The minimum Gasteiger partial charge on any atom is -0.378 e. The summed E-state index contributed by atoms with van der Waals surface area (Å²) in [5, 5.41) is 5.86. The number of aromatic nitrogens is 1. The van der Waals surface area contributed by atoms with E-state index in [-0.39, 0.29) is 35.9 Å². The Kier molecular flexibility index (Phi) is 4.58. The summed E-state index contributed by atoms with van der Waals surface area (Å²) in [6.45, 7) is 2.49. The van der Waals surface area contributed by atoms with Crippen molar-refractivity contribution in [1.29, 1.82) is 0 Å². The molecule has 0 unspecified atom stereocenters. The predicted octanol–water partition coefficient (Wildman–Crippen LogP) is 0.250. The Hall–Kier alpha value is -1.99. The van der Waals surface area contributed by atoms with E-state index in [1.54, 1.807) is 19.2 Å². The van der Waals surface area contributed by atoms with Gasteiger partial charge in [0.05, 0.1) is 30.5 Å². The molecule has 0 bridgehead atoms. The van der Waals surface area contributed by atoms with Gasteiger partial charge in [0.25, 0.3) is 5.91 Å². The molecule has 1 aliphatic heterocycles. The lowest BCUT2D eigenvalue weighted by molar-refractivity contribution is -0.123. The molecular weight excluding hydrogens is 298 g/mol. The average Bonchev–Trinajstić information content (AvgIpc) is 2.95. The van der Waals surface area contributed by atoms with Crippen molar-refractivity contribution in [3.63, 3.8) is 0 Å². The van der Waals surface area contributed by atoms with Crippen LogP contribution in [-0.2, 0) is 20.9 Å². The minimum atomic E-state index is -0.242. The van der Waals surface area contributed by atoms with Crippen LogP contribution >= 0.6 is 0 Å². The Morgan fingerprint density at radius 1 is 1.35 bits per heavy atom. The van der Waals surface area contributed by atoms with Crippen molar-refractivity contribution in [2.75, 3.05) is 13.7 Å². The first-order valence-electron chi connectivity index (χ1n) is 7.74. The van der Waals surface area contributed by atoms with Crippen LogP contribution in [0, 0.1) is 5.92 Å². The minimum absolute atomic E-state index is 0.00279. The number of nitrogens with one attached hydrogen (secondary N) is 2. The van der Waals surface area contributed by atoms with Crippen molar-refractivity contribution < 1.29 is 19.1 Å². The second kappa shape index (κ2) is 6.64. The fourth-order valence-electron chi connectivity index (χ4n) is 3.37. The molecule has 0 spiro atoms. The molecule has 7 heteroatoms. The maximum absolute atomic E-state index is 12.5. The summed E-state index contributed by atoms with van der Waals surface area (Å²) < 4.78 is 10.7. The zero-order chi connectivity index (χ0) is 16.4. The van der Waals surface area contributed by atoms with E-state index < -0.39 is 0 Å². The number of hydrogen-bond acceptors (Lipinski definition) is 5. The standard InChI is InChI=1S/C16H21N3O4/c1-9(20)17-14-13(11-6-7-23-15(11)14)19-16(21)12-5-3-4-10(18-12)8-22-2/h3-5,11,13-15H,6-8H2,1-2H3,(H,17,20)(H,19,21)/t11-,13+,14-,15-/m0/s1. The Bertz CT molecular complexity index is 607. The third-order valence-corrected chi connectivity index (χ3v) is 4.38. The van der Waals surface area contributed by atoms with Gasteiger partial charge >= 0.3 is 0 Å². The van der Waals surface area contributed by atoms with Gasteiger partial charge in [-0.25, -0.2) is 4.98 Å². The SMILES string of the molecule is COCc1cccc(C(=O)N[C@@H]2[C@@H]3CCO[C@@H]3[C@H]2NC(C)=O)n1. The summed E-state index contributed by atoms with van der Waals surface area (Å²) in [4.78, 5) is 28.1. The molecule has 1 aromatic rings. The van der Waals surface area contributed by atoms with Crippen LogP contribution in [0.2, 0.25) is 0 Å². The number of rotatable bonds is 5. The van der Waals surface area contributed by atoms with Crippen molar-refractivity contribution in [2.45, 2.75) is 38.1 Å². The highest BCUT2D eigenvalue weighted by Crippen LogP contribution is 2.39. The van der Waals surface area contributed by atoms with Crippen LogP contribution in [0.1, 0.15) is 29.5 Å². The van der Waals surface area contributed by atoms with Gasteiger partial charge in [0.1, 0.15) is 5.69 Å². The summed E-state index contributed by atoms with van der Waals surface area (Å²) in [5.74, 6) is -0.116. The van der Waals surface area contributed by atoms with E-state index in [4.69, 9.17) is 9.47 Å². The third-order valence-electron chi connectivity index (χ3n) is 4.38. The largest absolute Gasteiger partial charge is 0.378 e. The molecule has 0 aromatic carbocycles. The molecule has 1 aliphatic carbocycles. The van der Waals surface area contributed by atoms with E-state index in [1.165, 1.54) is 6.92 Å². The smallest absolute Gasteiger partial charge is 0.270 e. The summed E-state index contributed by atoms with van der Waals surface area (Å²) in [7, 11) is 1.58. The second-order valence-corrected chi connectivity index (χ2v) is 5.96. The topological polar surface area (TPSA) is 89.5 Å². The molecule has 7 nitrogen and oxygen atoms in total. The van der Waals surface area contributed by atoms with Gasteiger partial charge in [-0.15, -0.1) is 0 Å². The first-order chi connectivity index (χ1) is 11.1. The molecule has 2 fully saturated rings. The number of hydrogen-bond donors (Lipinski definition) is 2. The number of carbonyl (C=O) groups excluding carboxylic acids is 2. The lowest BCUT2D eigenvalue weighted by Gasteiger charge is -2.47. The van der Waals surface area contributed by atoms with E-state index in [1.807, 2.05) is 6.07 Å². The molecule has 3 rings (SSSR count). The van der Waals surface area contributed by atoms with Crippen LogP contribution in [-0.4, -0.2) is 48.7 Å². The zero-order valence-corrected chi connectivity index (χ0v) is 13.2. The van der Waals surface area contributed by atoms with Crippen LogP contribution in [0.25, 0.3) is 0 Å². The molecule has 4 atom stereocenters. The fraction of sp³-hybridized carbons (Fsp3) is 0.562. The number of carbonyl (C=O) groups is 2. The van der Waals surface area contributed by atoms with Crippen LogP contribution in [0.5, 0.6) is 0 Å². The van der Waals surface area contributed by atoms with Gasteiger partial charge in [0.15, 0.2) is 0 Å². The third kappa shape index (κ3) is 3.20. The van der Waals surface area contributed by atoms with E-state index in [0.717, 1.165) is 6.42 Å². The molecule has 2 N–H and O–H groups in total. The van der Waals surface area contributed by atoms with Crippen LogP contribution in [0.3, 0.4) is 0 Å². The molecule has 2 aliphatic rings. The van der Waals surface area contributed by atoms with Crippen molar-refractivity contribution in [2.24, 2.45) is 5.92 Å². The second-order valence-electron chi connectivity index (χ2n) is 5.96. The predicted molar refractivity (Wildman–Crippen MR) is 81.7 cm³/mol. The fourth-order valence-corrected chi connectivity index (χ4v) is 3.37. The molecule has 1 saturated heterocycles. The number of pyridine rings is 1. The monoisotopic (exact) mass is 319 g/mol. The van der Waals surface area contributed by atoms with Gasteiger partial charge in [-0.2, -0.15) is 0 Å². The number of nitrogens with zero attached hydrogens (tertiary/aromatic N) is 1. The summed E-state index contributed by atoms with van der Waals surface area (Å²) in [5.41, 5.74) is 1.05. The van der Waals surface area contributed by atoms with Crippen LogP contribution in [0.4, 0.5) is 0 Å². The zero-order valence-electron chi connectivity index (χ0n) is 13.2. The lowest BCUT2D eigenvalue weighted by Crippen LogP contribution is -2.70. The van der Waals surface area contributed by atoms with Gasteiger partial charge in [0, 0.05) is 26.6 Å². The van der Waals surface area contributed by atoms with Gasteiger partial charge in [0.2, 0.25) is 5.91 Å². The van der Waals surface area contributed by atoms with Crippen molar-refractivity contribution in [3.05, 3.63) is 29.6 Å². The average molecular weight is 319 g/mol. The number of methoxy groups -OCH3 is 1. The molecule has 2 amide bonds. The first-order valence-corrected chi connectivity index (χ1v) is 7.74. The quantitative estimate of drug-likeness (QED) is 0.812. The van der Waals surface area contributed by atoms with Crippen molar-refractivity contribution >= 4 is 11.8 Å². The Labute approximate surface area is 134 Å². The van der Waals surface area contributed by atoms with Gasteiger partial charge in [-0.3, -0.25) is 9.59 Å². The molecule has 0 radical (unpaired) electrons. The van der Waals surface area contributed by atoms with Crippen molar-refractivity contribution in [3.8, 4) is 0 Å². The number of amides is 2. The summed E-state index contributed by atoms with van der Waals surface area (Å²) in [6, 6.07) is 4.97. The van der Waals surface area contributed by atoms with E-state index >= 15 is 0 Å². The highest BCUT2D eigenvalue weighted by molar-refractivity contribution is 5.92. The molecule has 1 aromatic heterocycles. The molecule has 1 saturated carbocycles. The highest BCUT2D eigenvalue weighted by Gasteiger charge is 2.55. The molecular formula is C16H21N3O4. The highest BCUT2D eigenvalue weighted by atomic mass is 16.5. The van der Waals surface area contributed by atoms with Gasteiger partial charge < -0.3 is 20.1 Å². The summed E-state index contributed by atoms with van der Waals surface area (Å²) in [6.07, 6.45) is 0.889.